The van der Waals surface area contributed by atoms with E-state index in [-0.39, 0.29) is 15.8 Å². The monoisotopic (exact) mass is 346 g/mol. The lowest BCUT2D eigenvalue weighted by Gasteiger charge is -2.14. The molecule has 1 aliphatic carbocycles. The van der Waals surface area contributed by atoms with E-state index < -0.39 is 11.7 Å². The standard InChI is InChI=1S/C15H14ClF3N2S/c16-13-7-6-11(8-12(13)15(17,18)19)21-14(22)20-9-10-4-2-1-3-5-10/h2,4-8H,1,3,9H2,(H2,20,21,22). The van der Waals surface area contributed by atoms with Crippen LogP contribution in [-0.4, -0.2) is 11.7 Å². The molecule has 2 N–H and O–H groups in total. The highest BCUT2D eigenvalue weighted by Crippen LogP contribution is 2.36. The van der Waals surface area contributed by atoms with Crippen LogP contribution < -0.4 is 10.6 Å². The molecule has 0 unspecified atom stereocenters. The van der Waals surface area contributed by atoms with Crippen LogP contribution in [0.3, 0.4) is 0 Å². The first-order chi connectivity index (χ1) is 10.4. The van der Waals surface area contributed by atoms with E-state index in [0.29, 0.717) is 6.54 Å². The van der Waals surface area contributed by atoms with Gasteiger partial charge in [0.25, 0.3) is 0 Å². The Morgan fingerprint density at radius 1 is 1.27 bits per heavy atom. The van der Waals surface area contributed by atoms with Crippen molar-refractivity contribution in [2.24, 2.45) is 0 Å². The number of allylic oxidation sites excluding steroid dienone is 2. The molecule has 0 heterocycles. The molecular weight excluding hydrogens is 333 g/mol. The summed E-state index contributed by atoms with van der Waals surface area (Å²) in [6.07, 6.45) is 3.68. The smallest absolute Gasteiger partial charge is 0.358 e. The van der Waals surface area contributed by atoms with Crippen molar-refractivity contribution in [3.05, 3.63) is 52.6 Å². The summed E-state index contributed by atoms with van der Waals surface area (Å²) in [6.45, 7) is 0.530. The van der Waals surface area contributed by atoms with E-state index >= 15 is 0 Å². The second-order valence-electron chi connectivity index (χ2n) is 4.76. The molecule has 0 aliphatic heterocycles. The fourth-order valence-electron chi connectivity index (χ4n) is 1.98. The SMILES string of the molecule is FC(F)(F)c1cc(NC(=S)NCC2=CCCC=C2)ccc1Cl. The van der Waals surface area contributed by atoms with Gasteiger partial charge in [-0.1, -0.05) is 29.8 Å². The van der Waals surface area contributed by atoms with Gasteiger partial charge in [-0.2, -0.15) is 13.2 Å². The minimum absolute atomic E-state index is 0.238. The molecule has 1 aliphatic rings. The van der Waals surface area contributed by atoms with Crippen LogP contribution in [-0.2, 0) is 6.18 Å². The summed E-state index contributed by atoms with van der Waals surface area (Å²) >= 11 is 10.7. The van der Waals surface area contributed by atoms with Crippen LogP contribution in [0.2, 0.25) is 5.02 Å². The van der Waals surface area contributed by atoms with E-state index in [0.717, 1.165) is 24.5 Å². The second-order valence-corrected chi connectivity index (χ2v) is 5.57. The van der Waals surface area contributed by atoms with Gasteiger partial charge in [0.15, 0.2) is 5.11 Å². The van der Waals surface area contributed by atoms with E-state index in [4.69, 9.17) is 23.8 Å². The van der Waals surface area contributed by atoms with Crippen molar-refractivity contribution in [3.8, 4) is 0 Å². The molecule has 1 aromatic rings. The first-order valence-electron chi connectivity index (χ1n) is 6.63. The summed E-state index contributed by atoms with van der Waals surface area (Å²) in [6, 6.07) is 3.59. The average molecular weight is 347 g/mol. The van der Waals surface area contributed by atoms with Gasteiger partial charge in [-0.15, -0.1) is 0 Å². The summed E-state index contributed by atoms with van der Waals surface area (Å²) in [5.74, 6) is 0. The van der Waals surface area contributed by atoms with E-state index in [2.05, 4.69) is 22.8 Å². The predicted octanol–water partition coefficient (Wildman–Crippen LogP) is 4.92. The molecule has 0 atom stereocenters. The van der Waals surface area contributed by atoms with Crippen LogP contribution in [0.4, 0.5) is 18.9 Å². The first kappa shape index (κ1) is 16.8. The lowest BCUT2D eigenvalue weighted by Crippen LogP contribution is -2.30. The van der Waals surface area contributed by atoms with E-state index in [9.17, 15) is 13.2 Å². The molecule has 0 spiro atoms. The zero-order valence-electron chi connectivity index (χ0n) is 11.5. The second kappa shape index (κ2) is 7.15. The quantitative estimate of drug-likeness (QED) is 0.759. The van der Waals surface area contributed by atoms with Gasteiger partial charge in [0.1, 0.15) is 0 Å². The maximum atomic E-state index is 12.8. The van der Waals surface area contributed by atoms with Crippen LogP contribution in [0.15, 0.2) is 42.0 Å². The number of thiocarbonyl (C=S) groups is 1. The number of hydrogen-bond donors (Lipinski definition) is 2. The minimum Gasteiger partial charge on any atom is -0.358 e. The van der Waals surface area contributed by atoms with Crippen LogP contribution in [0.5, 0.6) is 0 Å². The Hall–Kier alpha value is -1.53. The molecule has 0 radical (unpaired) electrons. The number of benzene rings is 1. The van der Waals surface area contributed by atoms with E-state index in [1.165, 1.54) is 12.1 Å². The molecule has 1 aromatic carbocycles. The van der Waals surface area contributed by atoms with Gasteiger partial charge in [0.2, 0.25) is 0 Å². The Labute approximate surface area is 137 Å². The normalized spacial score (nSPS) is 14.5. The van der Waals surface area contributed by atoms with Gasteiger partial charge < -0.3 is 10.6 Å². The summed E-state index contributed by atoms with van der Waals surface area (Å²) in [5.41, 5.74) is 0.449. The third-order valence-electron chi connectivity index (χ3n) is 3.05. The van der Waals surface area contributed by atoms with Crippen molar-refractivity contribution in [2.75, 3.05) is 11.9 Å². The molecule has 0 saturated carbocycles. The molecule has 0 fully saturated rings. The molecule has 0 saturated heterocycles. The Bertz CT molecular complexity index is 624. The van der Waals surface area contributed by atoms with E-state index in [1.807, 2.05) is 6.08 Å². The van der Waals surface area contributed by atoms with Gasteiger partial charge in [-0.05, 0) is 48.8 Å². The third kappa shape index (κ3) is 4.74. The molecule has 2 nitrogen and oxygen atoms in total. The van der Waals surface area contributed by atoms with Crippen molar-refractivity contribution in [1.29, 1.82) is 0 Å². The maximum Gasteiger partial charge on any atom is 0.417 e. The Morgan fingerprint density at radius 3 is 2.68 bits per heavy atom. The summed E-state index contributed by atoms with van der Waals surface area (Å²) in [5, 5.41) is 5.61. The topological polar surface area (TPSA) is 24.1 Å². The molecule has 118 valence electrons. The van der Waals surface area contributed by atoms with Gasteiger partial charge >= 0.3 is 6.18 Å². The number of nitrogens with one attached hydrogen (secondary N) is 2. The van der Waals surface area contributed by atoms with Crippen molar-refractivity contribution < 1.29 is 13.2 Å². The zero-order chi connectivity index (χ0) is 16.2. The summed E-state index contributed by atoms with van der Waals surface area (Å²) in [7, 11) is 0. The molecule has 0 aromatic heterocycles. The first-order valence-corrected chi connectivity index (χ1v) is 7.42. The Morgan fingerprint density at radius 2 is 2.05 bits per heavy atom. The predicted molar refractivity (Wildman–Crippen MR) is 87.1 cm³/mol. The summed E-state index contributed by atoms with van der Waals surface area (Å²) in [4.78, 5) is 0. The zero-order valence-corrected chi connectivity index (χ0v) is 13.1. The van der Waals surface area contributed by atoms with Gasteiger partial charge in [0, 0.05) is 12.2 Å². The highest BCUT2D eigenvalue weighted by atomic mass is 35.5. The number of halogens is 4. The highest BCUT2D eigenvalue weighted by Gasteiger charge is 2.33. The van der Waals surface area contributed by atoms with Crippen molar-refractivity contribution >= 4 is 34.6 Å². The summed E-state index contributed by atoms with van der Waals surface area (Å²) < 4.78 is 38.3. The molecule has 0 bridgehead atoms. The van der Waals surface area contributed by atoms with Crippen LogP contribution in [0, 0.1) is 0 Å². The molecule has 7 heteroatoms. The van der Waals surface area contributed by atoms with E-state index in [1.54, 1.807) is 0 Å². The average Bonchev–Trinajstić information content (AvgIpc) is 2.47. The lowest BCUT2D eigenvalue weighted by molar-refractivity contribution is -0.137. The van der Waals surface area contributed by atoms with Crippen LogP contribution >= 0.6 is 23.8 Å². The van der Waals surface area contributed by atoms with Crippen LogP contribution in [0.1, 0.15) is 18.4 Å². The Kier molecular flexibility index (Phi) is 5.47. The molecular formula is C15H14ClF3N2S. The van der Waals surface area contributed by atoms with Crippen molar-refractivity contribution in [3.63, 3.8) is 0 Å². The maximum absolute atomic E-state index is 12.8. The molecule has 0 amide bonds. The highest BCUT2D eigenvalue weighted by molar-refractivity contribution is 7.80. The van der Waals surface area contributed by atoms with Crippen LogP contribution in [0.25, 0.3) is 0 Å². The molecule has 2 rings (SSSR count). The largest absolute Gasteiger partial charge is 0.417 e. The minimum atomic E-state index is -4.50. The number of rotatable bonds is 3. The Balaban J connectivity index is 1.97. The van der Waals surface area contributed by atoms with Crippen molar-refractivity contribution in [1.82, 2.24) is 5.32 Å². The number of anilines is 1. The van der Waals surface area contributed by atoms with Gasteiger partial charge in [0.05, 0.1) is 10.6 Å². The lowest BCUT2D eigenvalue weighted by atomic mass is 10.1. The number of hydrogen-bond acceptors (Lipinski definition) is 1. The number of alkyl halides is 3. The van der Waals surface area contributed by atoms with Gasteiger partial charge in [-0.25, -0.2) is 0 Å². The fourth-order valence-corrected chi connectivity index (χ4v) is 2.39. The van der Waals surface area contributed by atoms with Crippen molar-refractivity contribution in [2.45, 2.75) is 19.0 Å². The fraction of sp³-hybridized carbons (Fsp3) is 0.267. The van der Waals surface area contributed by atoms with Gasteiger partial charge in [-0.3, -0.25) is 0 Å². The third-order valence-corrected chi connectivity index (χ3v) is 3.63. The molecule has 22 heavy (non-hydrogen) atoms.